The van der Waals surface area contributed by atoms with Gasteiger partial charge in [0.2, 0.25) is 0 Å². The van der Waals surface area contributed by atoms with Gasteiger partial charge >= 0.3 is 6.18 Å². The molecule has 3 aromatic rings. The Bertz CT molecular complexity index is 1070. The fraction of sp³-hybridized carbons (Fsp3) is 0.364. The van der Waals surface area contributed by atoms with Crippen molar-refractivity contribution in [1.82, 2.24) is 5.16 Å². The predicted octanol–water partition coefficient (Wildman–Crippen LogP) is 5.86. The van der Waals surface area contributed by atoms with Crippen molar-refractivity contribution in [2.75, 3.05) is 18.5 Å². The van der Waals surface area contributed by atoms with Crippen LogP contribution in [0.1, 0.15) is 42.1 Å². The molecule has 8 heteroatoms. The number of benzene rings is 2. The number of hydrogen-bond donors (Lipinski definition) is 1. The van der Waals surface area contributed by atoms with E-state index in [2.05, 4.69) is 16.5 Å². The largest absolute Gasteiger partial charge is 0.493 e. The van der Waals surface area contributed by atoms with E-state index in [0.29, 0.717) is 42.9 Å². The number of nitrogens with one attached hydrogen (secondary N) is 1. The third kappa shape index (κ3) is 4.67. The second-order valence-electron chi connectivity index (χ2n) is 6.97. The van der Waals surface area contributed by atoms with E-state index in [-0.39, 0.29) is 11.0 Å². The number of anilines is 1. The third-order valence-corrected chi connectivity index (χ3v) is 4.72. The minimum atomic E-state index is -4.56. The average Bonchev–Trinajstić information content (AvgIpc) is 3.15. The highest BCUT2D eigenvalue weighted by Gasteiger charge is 2.37. The SMILES string of the molecule is CCCc1c(OCCCNc2ccc(C#N)cc2C)ccc2c(C(F)(F)F)noc12. The van der Waals surface area contributed by atoms with E-state index in [4.69, 9.17) is 14.5 Å². The Labute approximate surface area is 172 Å². The number of aromatic nitrogens is 1. The van der Waals surface area contributed by atoms with Crippen LogP contribution in [-0.2, 0) is 12.6 Å². The Morgan fingerprint density at radius 1 is 1.23 bits per heavy atom. The van der Waals surface area contributed by atoms with Crippen LogP contribution in [0.25, 0.3) is 11.0 Å². The molecule has 0 saturated carbocycles. The minimum Gasteiger partial charge on any atom is -0.493 e. The van der Waals surface area contributed by atoms with Crippen molar-refractivity contribution in [3.05, 3.63) is 52.7 Å². The number of fused-ring (bicyclic) bond motifs is 1. The summed E-state index contributed by atoms with van der Waals surface area (Å²) >= 11 is 0. The van der Waals surface area contributed by atoms with Crippen LogP contribution in [0.2, 0.25) is 0 Å². The molecule has 0 bridgehead atoms. The lowest BCUT2D eigenvalue weighted by Gasteiger charge is -2.13. The maximum atomic E-state index is 13.1. The molecule has 0 aliphatic heterocycles. The lowest BCUT2D eigenvalue weighted by atomic mass is 10.0. The first-order valence-corrected chi connectivity index (χ1v) is 9.71. The second-order valence-corrected chi connectivity index (χ2v) is 6.97. The van der Waals surface area contributed by atoms with Crippen LogP contribution in [0.3, 0.4) is 0 Å². The summed E-state index contributed by atoms with van der Waals surface area (Å²) in [4.78, 5) is 0. The van der Waals surface area contributed by atoms with E-state index in [0.717, 1.165) is 17.7 Å². The minimum absolute atomic E-state index is 0.0451. The molecule has 0 atom stereocenters. The van der Waals surface area contributed by atoms with Gasteiger partial charge in [-0.25, -0.2) is 0 Å². The molecule has 0 radical (unpaired) electrons. The van der Waals surface area contributed by atoms with Gasteiger partial charge < -0.3 is 14.6 Å². The van der Waals surface area contributed by atoms with E-state index in [1.807, 2.05) is 26.0 Å². The zero-order valence-electron chi connectivity index (χ0n) is 16.8. The number of nitriles is 1. The Balaban J connectivity index is 1.64. The normalized spacial score (nSPS) is 11.5. The van der Waals surface area contributed by atoms with Crippen molar-refractivity contribution in [3.8, 4) is 11.8 Å². The molecule has 0 amide bonds. The highest BCUT2D eigenvalue weighted by Crippen LogP contribution is 2.38. The predicted molar refractivity (Wildman–Crippen MR) is 108 cm³/mol. The van der Waals surface area contributed by atoms with Crippen molar-refractivity contribution < 1.29 is 22.4 Å². The molecule has 0 unspecified atom stereocenters. The zero-order chi connectivity index (χ0) is 21.7. The number of hydrogen-bond acceptors (Lipinski definition) is 5. The molecule has 0 saturated heterocycles. The van der Waals surface area contributed by atoms with Crippen molar-refractivity contribution in [3.63, 3.8) is 0 Å². The van der Waals surface area contributed by atoms with Crippen LogP contribution in [0.5, 0.6) is 5.75 Å². The highest BCUT2D eigenvalue weighted by atomic mass is 19.4. The fourth-order valence-electron chi connectivity index (χ4n) is 3.28. The maximum Gasteiger partial charge on any atom is 0.437 e. The monoisotopic (exact) mass is 417 g/mol. The average molecular weight is 417 g/mol. The van der Waals surface area contributed by atoms with Crippen LogP contribution >= 0.6 is 0 Å². The van der Waals surface area contributed by atoms with Gasteiger partial charge in [-0.2, -0.15) is 18.4 Å². The first-order chi connectivity index (χ1) is 14.3. The van der Waals surface area contributed by atoms with E-state index >= 15 is 0 Å². The van der Waals surface area contributed by atoms with Gasteiger partial charge in [0.15, 0.2) is 11.3 Å². The smallest absolute Gasteiger partial charge is 0.437 e. The molecular formula is C22H22F3N3O2. The lowest BCUT2D eigenvalue weighted by molar-refractivity contribution is -0.141. The number of nitrogens with zero attached hydrogens (tertiary/aromatic N) is 2. The third-order valence-electron chi connectivity index (χ3n) is 4.72. The van der Waals surface area contributed by atoms with Gasteiger partial charge in [-0.3, -0.25) is 0 Å². The van der Waals surface area contributed by atoms with Crippen molar-refractivity contribution in [2.45, 2.75) is 39.3 Å². The number of halogens is 3. The van der Waals surface area contributed by atoms with Gasteiger partial charge in [-0.05, 0) is 55.7 Å². The lowest BCUT2D eigenvalue weighted by Crippen LogP contribution is -2.09. The molecule has 158 valence electrons. The molecule has 0 aliphatic carbocycles. The molecule has 1 N–H and O–H groups in total. The van der Waals surface area contributed by atoms with E-state index in [9.17, 15) is 13.2 Å². The van der Waals surface area contributed by atoms with Gasteiger partial charge in [-0.15, -0.1) is 0 Å². The fourth-order valence-corrected chi connectivity index (χ4v) is 3.28. The summed E-state index contributed by atoms with van der Waals surface area (Å²) in [5.41, 5.74) is 2.27. The zero-order valence-corrected chi connectivity index (χ0v) is 16.8. The molecule has 3 rings (SSSR count). The van der Waals surface area contributed by atoms with Gasteiger partial charge in [0.1, 0.15) is 5.75 Å². The molecular weight excluding hydrogens is 395 g/mol. The number of aryl methyl sites for hydroxylation is 2. The van der Waals surface area contributed by atoms with E-state index in [1.54, 1.807) is 12.1 Å². The van der Waals surface area contributed by atoms with Crippen LogP contribution in [0, 0.1) is 18.3 Å². The summed E-state index contributed by atoms with van der Waals surface area (Å²) < 4.78 is 50.1. The molecule has 5 nitrogen and oxygen atoms in total. The van der Waals surface area contributed by atoms with Crippen LogP contribution in [-0.4, -0.2) is 18.3 Å². The summed E-state index contributed by atoms with van der Waals surface area (Å²) in [5, 5.41) is 15.4. The maximum absolute atomic E-state index is 13.1. The summed E-state index contributed by atoms with van der Waals surface area (Å²) in [5.74, 6) is 0.517. The summed E-state index contributed by atoms with van der Waals surface area (Å²) in [6.45, 7) is 4.91. The highest BCUT2D eigenvalue weighted by molar-refractivity contribution is 5.85. The Kier molecular flexibility index (Phi) is 6.50. The van der Waals surface area contributed by atoms with Gasteiger partial charge in [0.05, 0.1) is 23.6 Å². The quantitative estimate of drug-likeness (QED) is 0.465. The Morgan fingerprint density at radius 2 is 2.03 bits per heavy atom. The van der Waals surface area contributed by atoms with Crippen molar-refractivity contribution >= 4 is 16.7 Å². The van der Waals surface area contributed by atoms with Gasteiger partial charge in [0, 0.05) is 17.8 Å². The van der Waals surface area contributed by atoms with E-state index in [1.165, 1.54) is 6.07 Å². The number of rotatable bonds is 8. The molecule has 0 aliphatic rings. The summed E-state index contributed by atoms with van der Waals surface area (Å²) in [6.07, 6.45) is -2.61. The van der Waals surface area contributed by atoms with Crippen molar-refractivity contribution in [1.29, 1.82) is 5.26 Å². The first kappa shape index (κ1) is 21.5. The standard InChI is InChI=1S/C22H22F3N3O2/c1-3-5-16-19(9-7-17-20(16)30-28-21(17)22(23,24)25)29-11-4-10-27-18-8-6-15(13-26)12-14(18)2/h6-9,12,27H,3-5,10-11H2,1-2H3. The molecule has 0 spiro atoms. The van der Waals surface area contributed by atoms with Gasteiger partial charge in [0.25, 0.3) is 0 Å². The van der Waals surface area contributed by atoms with E-state index < -0.39 is 11.9 Å². The Hall–Kier alpha value is -3.21. The number of alkyl halides is 3. The molecule has 0 fully saturated rings. The topological polar surface area (TPSA) is 71.1 Å². The first-order valence-electron chi connectivity index (χ1n) is 9.71. The van der Waals surface area contributed by atoms with Crippen LogP contribution in [0.4, 0.5) is 18.9 Å². The van der Waals surface area contributed by atoms with Crippen molar-refractivity contribution in [2.24, 2.45) is 0 Å². The van der Waals surface area contributed by atoms with Crippen LogP contribution in [0.15, 0.2) is 34.9 Å². The molecule has 2 aromatic carbocycles. The second kappa shape index (κ2) is 9.08. The molecule has 1 aromatic heterocycles. The molecule has 1 heterocycles. The molecule has 30 heavy (non-hydrogen) atoms. The number of ether oxygens (including phenoxy) is 1. The summed E-state index contributed by atoms with van der Waals surface area (Å²) in [7, 11) is 0. The Morgan fingerprint density at radius 3 is 2.70 bits per heavy atom. The van der Waals surface area contributed by atoms with Crippen LogP contribution < -0.4 is 10.1 Å². The van der Waals surface area contributed by atoms with Gasteiger partial charge in [-0.1, -0.05) is 18.5 Å². The summed E-state index contributed by atoms with van der Waals surface area (Å²) in [6, 6.07) is 10.4.